The zero-order chi connectivity index (χ0) is 17.6. The molecule has 0 radical (unpaired) electrons. The number of carbonyl (C=O) groups excluding carboxylic acids is 1. The average Bonchev–Trinajstić information content (AvgIpc) is 2.66. The van der Waals surface area contributed by atoms with E-state index < -0.39 is 11.6 Å². The molecule has 0 N–H and O–H groups in total. The second kappa shape index (κ2) is 7.73. The number of ketones is 1. The molecule has 25 heavy (non-hydrogen) atoms. The Morgan fingerprint density at radius 3 is 2.72 bits per heavy atom. The molecule has 0 atom stereocenters. The number of halogens is 1. The van der Waals surface area contributed by atoms with Gasteiger partial charge in [-0.25, -0.2) is 4.39 Å². The quantitative estimate of drug-likeness (QED) is 0.634. The molecule has 0 aromatic heterocycles. The van der Waals surface area contributed by atoms with E-state index in [1.807, 2.05) is 4.90 Å². The van der Waals surface area contributed by atoms with Gasteiger partial charge in [-0.3, -0.25) is 4.79 Å². The first kappa shape index (κ1) is 16.9. The summed E-state index contributed by atoms with van der Waals surface area (Å²) in [6.07, 6.45) is 2.94. The number of anilines is 1. The number of hydrogen-bond donors (Lipinski definition) is 0. The van der Waals surface area contributed by atoms with E-state index in [4.69, 9.17) is 10.00 Å². The fraction of sp³-hybridized carbons (Fsp3) is 0.200. The van der Waals surface area contributed by atoms with Crippen LogP contribution in [0.3, 0.4) is 0 Å². The van der Waals surface area contributed by atoms with Crippen LogP contribution in [0.15, 0.2) is 48.5 Å². The van der Waals surface area contributed by atoms with Crippen LogP contribution in [0.1, 0.15) is 21.5 Å². The molecule has 0 aliphatic carbocycles. The van der Waals surface area contributed by atoms with Crippen LogP contribution in [0.25, 0.3) is 6.08 Å². The molecule has 1 aliphatic rings. The van der Waals surface area contributed by atoms with Gasteiger partial charge < -0.3 is 9.64 Å². The lowest BCUT2D eigenvalue weighted by atomic mass is 10.0. The molecule has 126 valence electrons. The van der Waals surface area contributed by atoms with E-state index in [-0.39, 0.29) is 5.56 Å². The second-order valence-corrected chi connectivity index (χ2v) is 5.67. The molecular weight excluding hydrogens is 319 g/mol. The summed E-state index contributed by atoms with van der Waals surface area (Å²) in [6, 6.07) is 13.6. The highest BCUT2D eigenvalue weighted by Gasteiger charge is 2.20. The first-order valence-corrected chi connectivity index (χ1v) is 8.03. The van der Waals surface area contributed by atoms with Gasteiger partial charge in [-0.1, -0.05) is 24.3 Å². The Bertz CT molecular complexity index is 849. The van der Waals surface area contributed by atoms with Crippen LogP contribution in [-0.4, -0.2) is 32.1 Å². The van der Waals surface area contributed by atoms with Crippen molar-refractivity contribution < 1.29 is 13.9 Å². The zero-order valence-corrected chi connectivity index (χ0v) is 13.6. The van der Waals surface area contributed by atoms with Gasteiger partial charge in [0.25, 0.3) is 0 Å². The molecule has 0 saturated carbocycles. The topological polar surface area (TPSA) is 53.3 Å². The van der Waals surface area contributed by atoms with Crippen molar-refractivity contribution >= 4 is 17.5 Å². The molecule has 0 bridgehead atoms. The van der Waals surface area contributed by atoms with Gasteiger partial charge in [-0.15, -0.1) is 0 Å². The van der Waals surface area contributed by atoms with Crippen molar-refractivity contribution in [3.63, 3.8) is 0 Å². The number of hydrogen-bond acceptors (Lipinski definition) is 4. The molecule has 2 aromatic rings. The summed E-state index contributed by atoms with van der Waals surface area (Å²) in [7, 11) is 0. The summed E-state index contributed by atoms with van der Waals surface area (Å²) < 4.78 is 19.7. The van der Waals surface area contributed by atoms with Crippen molar-refractivity contribution in [2.45, 2.75) is 0 Å². The van der Waals surface area contributed by atoms with Gasteiger partial charge in [-0.2, -0.15) is 5.26 Å². The van der Waals surface area contributed by atoms with Crippen molar-refractivity contribution in [3.05, 3.63) is 71.0 Å². The van der Waals surface area contributed by atoms with Crippen molar-refractivity contribution in [2.24, 2.45) is 0 Å². The van der Waals surface area contributed by atoms with Gasteiger partial charge in [0.15, 0.2) is 5.78 Å². The number of ether oxygens (including phenoxy) is 1. The Kier molecular flexibility index (Phi) is 5.22. The lowest BCUT2D eigenvalue weighted by Gasteiger charge is -2.30. The van der Waals surface area contributed by atoms with Crippen molar-refractivity contribution in [1.82, 2.24) is 0 Å². The third-order valence-electron chi connectivity index (χ3n) is 4.03. The number of morpholine rings is 1. The monoisotopic (exact) mass is 336 g/mol. The van der Waals surface area contributed by atoms with Crippen molar-refractivity contribution in [1.29, 1.82) is 5.26 Å². The first-order chi connectivity index (χ1) is 12.2. The van der Waals surface area contributed by atoms with Crippen LogP contribution in [0.2, 0.25) is 0 Å². The Labute approximate surface area is 145 Å². The molecule has 0 unspecified atom stereocenters. The molecule has 1 saturated heterocycles. The normalized spacial score (nSPS) is 14.5. The van der Waals surface area contributed by atoms with Gasteiger partial charge >= 0.3 is 0 Å². The molecular formula is C20H17FN2O2. The number of benzene rings is 2. The third-order valence-corrected chi connectivity index (χ3v) is 4.03. The fourth-order valence-electron chi connectivity index (χ4n) is 2.79. The maximum Gasteiger partial charge on any atom is 0.190 e. The molecule has 0 spiro atoms. The Morgan fingerprint density at radius 1 is 1.20 bits per heavy atom. The van der Waals surface area contributed by atoms with E-state index in [9.17, 15) is 9.18 Å². The number of rotatable bonds is 4. The maximum absolute atomic E-state index is 14.3. The summed E-state index contributed by atoms with van der Waals surface area (Å²) in [5.74, 6) is -0.939. The van der Waals surface area contributed by atoms with Crippen LogP contribution >= 0.6 is 0 Å². The minimum absolute atomic E-state index is 0.0667. The highest BCUT2D eigenvalue weighted by Crippen LogP contribution is 2.25. The minimum Gasteiger partial charge on any atom is -0.378 e. The molecule has 0 amide bonds. The summed E-state index contributed by atoms with van der Waals surface area (Å²) in [6.45, 7) is 2.36. The van der Waals surface area contributed by atoms with Crippen molar-refractivity contribution in [2.75, 3.05) is 31.2 Å². The van der Waals surface area contributed by atoms with Crippen molar-refractivity contribution in [3.8, 4) is 6.07 Å². The standard InChI is InChI=1S/C20H17FN2O2/c21-17-5-2-6-18(23-9-11-25-12-10-23)20(17)19(24)8-7-15-3-1-4-16(13-15)14-22/h1-8,13H,9-12H2. The van der Waals surface area contributed by atoms with Gasteiger partial charge in [0, 0.05) is 13.1 Å². The van der Waals surface area contributed by atoms with E-state index in [0.717, 1.165) is 5.56 Å². The molecule has 1 aliphatic heterocycles. The maximum atomic E-state index is 14.3. The Balaban J connectivity index is 1.88. The number of nitriles is 1. The molecule has 4 nitrogen and oxygen atoms in total. The molecule has 2 aromatic carbocycles. The smallest absolute Gasteiger partial charge is 0.190 e. The predicted molar refractivity (Wildman–Crippen MR) is 94.0 cm³/mol. The van der Waals surface area contributed by atoms with Crippen LogP contribution < -0.4 is 4.90 Å². The SMILES string of the molecule is N#Cc1cccc(C=CC(=O)c2c(F)cccc2N2CCOCC2)c1. The predicted octanol–water partition coefficient (Wildman–Crippen LogP) is 3.43. The van der Waals surface area contributed by atoms with E-state index in [1.165, 1.54) is 12.1 Å². The summed E-state index contributed by atoms with van der Waals surface area (Å²) in [4.78, 5) is 14.6. The fourth-order valence-corrected chi connectivity index (χ4v) is 2.79. The molecule has 1 heterocycles. The van der Waals surface area contributed by atoms with Crippen LogP contribution in [-0.2, 0) is 4.74 Å². The third kappa shape index (κ3) is 3.93. The zero-order valence-electron chi connectivity index (χ0n) is 13.6. The number of nitrogens with zero attached hydrogens (tertiary/aromatic N) is 2. The van der Waals surface area contributed by atoms with Crippen LogP contribution in [0, 0.1) is 17.1 Å². The highest BCUT2D eigenvalue weighted by atomic mass is 19.1. The first-order valence-electron chi connectivity index (χ1n) is 8.03. The highest BCUT2D eigenvalue weighted by molar-refractivity contribution is 6.10. The summed E-state index contributed by atoms with van der Waals surface area (Å²) in [5, 5.41) is 8.93. The number of carbonyl (C=O) groups is 1. The minimum atomic E-state index is -0.538. The second-order valence-electron chi connectivity index (χ2n) is 5.67. The molecule has 5 heteroatoms. The molecule has 1 fully saturated rings. The summed E-state index contributed by atoms with van der Waals surface area (Å²) in [5.41, 5.74) is 1.88. The van der Waals surface area contributed by atoms with E-state index >= 15 is 0 Å². The Morgan fingerprint density at radius 2 is 1.96 bits per heavy atom. The number of allylic oxidation sites excluding steroid dienone is 1. The van der Waals surface area contributed by atoms with Gasteiger partial charge in [0.1, 0.15) is 5.82 Å². The summed E-state index contributed by atoms with van der Waals surface area (Å²) >= 11 is 0. The Hall–Kier alpha value is -2.97. The average molecular weight is 336 g/mol. The van der Waals surface area contributed by atoms with Crippen LogP contribution in [0.5, 0.6) is 0 Å². The lowest BCUT2D eigenvalue weighted by molar-refractivity contribution is 0.104. The van der Waals surface area contributed by atoms with Crippen LogP contribution in [0.4, 0.5) is 10.1 Å². The van der Waals surface area contributed by atoms with E-state index in [0.29, 0.717) is 37.6 Å². The van der Waals surface area contributed by atoms with Gasteiger partial charge in [-0.05, 0) is 35.9 Å². The molecule has 3 rings (SSSR count). The van der Waals surface area contributed by atoms with Gasteiger partial charge in [0.2, 0.25) is 0 Å². The largest absolute Gasteiger partial charge is 0.378 e. The van der Waals surface area contributed by atoms with E-state index in [2.05, 4.69) is 6.07 Å². The van der Waals surface area contributed by atoms with Gasteiger partial charge in [0.05, 0.1) is 36.1 Å². The van der Waals surface area contributed by atoms with E-state index in [1.54, 1.807) is 42.5 Å². The lowest BCUT2D eigenvalue weighted by Crippen LogP contribution is -2.37.